The van der Waals surface area contributed by atoms with E-state index < -0.39 is 18.0 Å². The quantitative estimate of drug-likeness (QED) is 0.789. The maximum atomic E-state index is 10.9. The summed E-state index contributed by atoms with van der Waals surface area (Å²) < 4.78 is 0.624. The number of carboxylic acids is 2. The van der Waals surface area contributed by atoms with Gasteiger partial charge in [0.2, 0.25) is 0 Å². The van der Waals surface area contributed by atoms with Gasteiger partial charge in [0.05, 0.1) is 5.56 Å². The molecule has 86 valence electrons. The number of aromatic carboxylic acids is 1. The molecule has 0 heterocycles. The fourth-order valence-electron chi connectivity index (χ4n) is 1.11. The summed E-state index contributed by atoms with van der Waals surface area (Å²) in [6.45, 7) is 1.44. The predicted molar refractivity (Wildman–Crippen MR) is 61.8 cm³/mol. The van der Waals surface area contributed by atoms with Gasteiger partial charge in [-0.05, 0) is 25.1 Å². The highest BCUT2D eigenvalue weighted by Gasteiger charge is 2.15. The second-order valence-electron chi connectivity index (χ2n) is 3.20. The normalized spacial score (nSPS) is 11.9. The second-order valence-corrected chi connectivity index (χ2v) is 4.11. The molecule has 0 aliphatic heterocycles. The van der Waals surface area contributed by atoms with Crippen molar-refractivity contribution in [3.05, 3.63) is 28.2 Å². The Balaban J connectivity index is 3.04. The largest absolute Gasteiger partial charge is 0.480 e. The van der Waals surface area contributed by atoms with Crippen molar-refractivity contribution in [1.82, 2.24) is 0 Å². The van der Waals surface area contributed by atoms with E-state index >= 15 is 0 Å². The third-order valence-electron chi connectivity index (χ3n) is 1.95. The van der Waals surface area contributed by atoms with Gasteiger partial charge in [-0.1, -0.05) is 15.9 Å². The van der Waals surface area contributed by atoms with Crippen LogP contribution in [-0.4, -0.2) is 28.2 Å². The van der Waals surface area contributed by atoms with Crippen LogP contribution < -0.4 is 5.32 Å². The topological polar surface area (TPSA) is 86.6 Å². The van der Waals surface area contributed by atoms with Crippen LogP contribution in [0.5, 0.6) is 0 Å². The lowest BCUT2D eigenvalue weighted by atomic mass is 10.1. The molecule has 0 amide bonds. The standard InChI is InChI=1S/C10H10BrNO4/c1-5(9(13)14)12-8-3-2-6(11)4-7(8)10(15)16/h2-5,12H,1H3,(H,13,14)(H,15,16)/t5-/m0/s1. The minimum atomic E-state index is -1.11. The molecule has 0 saturated heterocycles. The Labute approximate surface area is 100 Å². The number of hydrogen-bond acceptors (Lipinski definition) is 3. The van der Waals surface area contributed by atoms with Gasteiger partial charge in [-0.15, -0.1) is 0 Å². The van der Waals surface area contributed by atoms with Crippen molar-refractivity contribution in [2.45, 2.75) is 13.0 Å². The Bertz CT molecular complexity index is 433. The summed E-state index contributed by atoms with van der Waals surface area (Å²) in [4.78, 5) is 21.5. The van der Waals surface area contributed by atoms with Gasteiger partial charge < -0.3 is 15.5 Å². The monoisotopic (exact) mass is 287 g/mol. The van der Waals surface area contributed by atoms with E-state index in [0.29, 0.717) is 4.47 Å². The lowest BCUT2D eigenvalue weighted by molar-refractivity contribution is -0.137. The molecule has 0 aromatic heterocycles. The Morgan fingerprint density at radius 2 is 2.00 bits per heavy atom. The molecular weight excluding hydrogens is 278 g/mol. The van der Waals surface area contributed by atoms with Gasteiger partial charge in [-0.2, -0.15) is 0 Å². The summed E-state index contributed by atoms with van der Waals surface area (Å²) in [5, 5.41) is 20.3. The number of halogens is 1. The second kappa shape index (κ2) is 4.98. The maximum Gasteiger partial charge on any atom is 0.337 e. The van der Waals surface area contributed by atoms with Crippen molar-refractivity contribution in [2.24, 2.45) is 0 Å². The van der Waals surface area contributed by atoms with Gasteiger partial charge in [-0.3, -0.25) is 4.79 Å². The zero-order valence-corrected chi connectivity index (χ0v) is 9.98. The van der Waals surface area contributed by atoms with Crippen LogP contribution in [0.4, 0.5) is 5.69 Å². The average Bonchev–Trinajstić information content (AvgIpc) is 2.20. The smallest absolute Gasteiger partial charge is 0.337 e. The molecule has 0 radical (unpaired) electrons. The van der Waals surface area contributed by atoms with E-state index in [1.54, 1.807) is 6.07 Å². The molecule has 16 heavy (non-hydrogen) atoms. The summed E-state index contributed by atoms with van der Waals surface area (Å²) in [6.07, 6.45) is 0. The fraction of sp³-hybridized carbons (Fsp3) is 0.200. The first-order chi connectivity index (χ1) is 7.41. The molecule has 0 saturated carbocycles. The molecule has 0 aliphatic rings. The van der Waals surface area contributed by atoms with Crippen LogP contribution in [0.15, 0.2) is 22.7 Å². The van der Waals surface area contributed by atoms with Gasteiger partial charge in [-0.25, -0.2) is 4.79 Å². The Kier molecular flexibility index (Phi) is 3.89. The van der Waals surface area contributed by atoms with Gasteiger partial charge >= 0.3 is 11.9 Å². The van der Waals surface area contributed by atoms with Crippen LogP contribution in [0.25, 0.3) is 0 Å². The van der Waals surface area contributed by atoms with E-state index in [4.69, 9.17) is 10.2 Å². The lowest BCUT2D eigenvalue weighted by Gasteiger charge is -2.13. The summed E-state index contributed by atoms with van der Waals surface area (Å²) in [5.74, 6) is -2.15. The highest BCUT2D eigenvalue weighted by Crippen LogP contribution is 2.21. The molecule has 0 bridgehead atoms. The average molecular weight is 288 g/mol. The number of carboxylic acid groups (broad SMARTS) is 2. The molecule has 1 rings (SSSR count). The summed E-state index contributed by atoms with van der Waals surface area (Å²) in [5.41, 5.74) is 0.313. The molecule has 3 N–H and O–H groups in total. The maximum absolute atomic E-state index is 10.9. The molecule has 5 nitrogen and oxygen atoms in total. The number of rotatable bonds is 4. The Morgan fingerprint density at radius 1 is 1.38 bits per heavy atom. The van der Waals surface area contributed by atoms with E-state index in [1.807, 2.05) is 0 Å². The fourth-order valence-corrected chi connectivity index (χ4v) is 1.48. The van der Waals surface area contributed by atoms with Crippen molar-refractivity contribution < 1.29 is 19.8 Å². The number of anilines is 1. The molecule has 0 unspecified atom stereocenters. The molecule has 0 fully saturated rings. The summed E-state index contributed by atoms with van der Waals surface area (Å²) >= 11 is 3.15. The van der Waals surface area contributed by atoms with Gasteiger partial charge in [0.25, 0.3) is 0 Å². The van der Waals surface area contributed by atoms with Crippen molar-refractivity contribution in [2.75, 3.05) is 5.32 Å². The molecule has 0 spiro atoms. The summed E-state index contributed by atoms with van der Waals surface area (Å²) in [6, 6.07) is 3.73. The third kappa shape index (κ3) is 2.96. The number of hydrogen-bond donors (Lipinski definition) is 3. The Morgan fingerprint density at radius 3 is 2.50 bits per heavy atom. The predicted octanol–water partition coefficient (Wildman–Crippen LogP) is 2.03. The van der Waals surface area contributed by atoms with Crippen molar-refractivity contribution in [1.29, 1.82) is 0 Å². The van der Waals surface area contributed by atoms with Crippen LogP contribution in [-0.2, 0) is 4.79 Å². The van der Waals surface area contributed by atoms with Crippen LogP contribution in [0.1, 0.15) is 17.3 Å². The van der Waals surface area contributed by atoms with Crippen LogP contribution in [0.2, 0.25) is 0 Å². The SMILES string of the molecule is C[C@H](Nc1ccc(Br)cc1C(=O)O)C(=O)O. The van der Waals surface area contributed by atoms with Gasteiger partial charge in [0.15, 0.2) is 0 Å². The van der Waals surface area contributed by atoms with Gasteiger partial charge in [0.1, 0.15) is 6.04 Å². The Hall–Kier alpha value is -1.56. The third-order valence-corrected chi connectivity index (χ3v) is 2.45. The zero-order valence-electron chi connectivity index (χ0n) is 8.40. The molecular formula is C10H10BrNO4. The van der Waals surface area contributed by atoms with E-state index in [2.05, 4.69) is 21.2 Å². The van der Waals surface area contributed by atoms with Crippen LogP contribution >= 0.6 is 15.9 Å². The number of benzene rings is 1. The molecule has 1 aromatic carbocycles. The van der Waals surface area contributed by atoms with Crippen LogP contribution in [0, 0.1) is 0 Å². The first kappa shape index (κ1) is 12.5. The molecule has 1 atom stereocenters. The van der Waals surface area contributed by atoms with E-state index in [9.17, 15) is 9.59 Å². The van der Waals surface area contributed by atoms with E-state index in [1.165, 1.54) is 19.1 Å². The zero-order chi connectivity index (χ0) is 12.3. The number of aliphatic carboxylic acids is 1. The van der Waals surface area contributed by atoms with E-state index in [0.717, 1.165) is 0 Å². The lowest BCUT2D eigenvalue weighted by Crippen LogP contribution is -2.26. The van der Waals surface area contributed by atoms with Crippen LogP contribution in [0.3, 0.4) is 0 Å². The van der Waals surface area contributed by atoms with Crippen molar-refractivity contribution in [3.63, 3.8) is 0 Å². The molecule has 0 aliphatic carbocycles. The highest BCUT2D eigenvalue weighted by atomic mass is 79.9. The van der Waals surface area contributed by atoms with Gasteiger partial charge in [0, 0.05) is 10.2 Å². The molecule has 6 heteroatoms. The van der Waals surface area contributed by atoms with Crippen molar-refractivity contribution in [3.8, 4) is 0 Å². The number of carbonyl (C=O) groups is 2. The highest BCUT2D eigenvalue weighted by molar-refractivity contribution is 9.10. The van der Waals surface area contributed by atoms with Crippen molar-refractivity contribution >= 4 is 33.6 Å². The minimum Gasteiger partial charge on any atom is -0.480 e. The molecule has 1 aromatic rings. The number of nitrogens with one attached hydrogen (secondary N) is 1. The minimum absolute atomic E-state index is 0.0301. The summed E-state index contributed by atoms with van der Waals surface area (Å²) in [7, 11) is 0. The first-order valence-corrected chi connectivity index (χ1v) is 5.23. The first-order valence-electron chi connectivity index (χ1n) is 4.44. The van der Waals surface area contributed by atoms with E-state index in [-0.39, 0.29) is 11.3 Å².